The van der Waals surface area contributed by atoms with Gasteiger partial charge in [0, 0.05) is 10.2 Å². The second-order valence-corrected chi connectivity index (χ2v) is 4.60. The molecule has 0 spiro atoms. The van der Waals surface area contributed by atoms with E-state index in [1.165, 1.54) is 0 Å². The van der Waals surface area contributed by atoms with Crippen LogP contribution in [0.4, 0.5) is 5.69 Å². The minimum absolute atomic E-state index is 0.00560. The fourth-order valence-electron chi connectivity index (χ4n) is 1.46. The van der Waals surface area contributed by atoms with Gasteiger partial charge >= 0.3 is 0 Å². The van der Waals surface area contributed by atoms with E-state index >= 15 is 0 Å². The van der Waals surface area contributed by atoms with Crippen molar-refractivity contribution in [3.63, 3.8) is 0 Å². The normalized spacial score (nSPS) is 19.5. The molecule has 1 heterocycles. The summed E-state index contributed by atoms with van der Waals surface area (Å²) in [5.41, 5.74) is 1.98. The molecule has 1 saturated heterocycles. The summed E-state index contributed by atoms with van der Waals surface area (Å²) >= 11 is 3.42. The Hall–Kier alpha value is -0.870. The number of aryl methyl sites for hydroxylation is 1. The monoisotopic (exact) mass is 268 g/mol. The van der Waals surface area contributed by atoms with Crippen molar-refractivity contribution in [1.82, 2.24) is 5.32 Å². The van der Waals surface area contributed by atoms with Crippen LogP contribution in [0.25, 0.3) is 0 Å². The number of carbonyl (C=O) groups is 1. The quantitative estimate of drug-likeness (QED) is 0.862. The third-order valence-electron chi connectivity index (χ3n) is 2.57. The molecule has 3 nitrogen and oxygen atoms in total. The first-order chi connectivity index (χ1) is 7.16. The fourth-order valence-corrected chi connectivity index (χ4v) is 1.71. The third kappa shape index (κ3) is 2.38. The van der Waals surface area contributed by atoms with Crippen LogP contribution in [0.2, 0.25) is 0 Å². The standard InChI is InChI=1S/C11H13BrN2O/c1-7-6-8(2-3-9(7)12)14-11(15)10-4-5-13-10/h2-3,6,10,13H,4-5H2,1H3,(H,14,15)/t10-/m1/s1. The number of hydrogen-bond donors (Lipinski definition) is 2. The SMILES string of the molecule is Cc1cc(NC(=O)[C@H]2CCN2)ccc1Br. The van der Waals surface area contributed by atoms with E-state index in [0.717, 1.165) is 28.7 Å². The van der Waals surface area contributed by atoms with Crippen LogP contribution in [0.1, 0.15) is 12.0 Å². The lowest BCUT2D eigenvalue weighted by molar-refractivity contribution is -0.119. The Morgan fingerprint density at radius 1 is 1.60 bits per heavy atom. The Kier molecular flexibility index (Phi) is 3.07. The first-order valence-electron chi connectivity index (χ1n) is 4.97. The summed E-state index contributed by atoms with van der Waals surface area (Å²) in [6, 6.07) is 5.79. The highest BCUT2D eigenvalue weighted by atomic mass is 79.9. The van der Waals surface area contributed by atoms with Crippen LogP contribution in [-0.4, -0.2) is 18.5 Å². The summed E-state index contributed by atoms with van der Waals surface area (Å²) in [4.78, 5) is 11.6. The highest BCUT2D eigenvalue weighted by molar-refractivity contribution is 9.10. The first-order valence-corrected chi connectivity index (χ1v) is 5.76. The fraction of sp³-hybridized carbons (Fsp3) is 0.364. The van der Waals surface area contributed by atoms with E-state index in [2.05, 4.69) is 26.6 Å². The molecule has 0 aliphatic carbocycles. The average molecular weight is 269 g/mol. The zero-order valence-electron chi connectivity index (χ0n) is 8.51. The zero-order chi connectivity index (χ0) is 10.8. The van der Waals surface area contributed by atoms with Gasteiger partial charge < -0.3 is 10.6 Å². The van der Waals surface area contributed by atoms with Crippen LogP contribution in [0.15, 0.2) is 22.7 Å². The largest absolute Gasteiger partial charge is 0.325 e. The molecule has 0 radical (unpaired) electrons. The highest BCUT2D eigenvalue weighted by Crippen LogP contribution is 2.20. The van der Waals surface area contributed by atoms with E-state index < -0.39 is 0 Å². The lowest BCUT2D eigenvalue weighted by Gasteiger charge is -2.26. The number of rotatable bonds is 2. The molecule has 1 aromatic carbocycles. The minimum atomic E-state index is -0.00560. The van der Waals surface area contributed by atoms with Gasteiger partial charge in [-0.25, -0.2) is 0 Å². The molecule has 1 aliphatic rings. The van der Waals surface area contributed by atoms with Crippen LogP contribution >= 0.6 is 15.9 Å². The molecule has 1 fully saturated rings. The first kappa shape index (κ1) is 10.6. The van der Waals surface area contributed by atoms with Gasteiger partial charge in [-0.1, -0.05) is 15.9 Å². The van der Waals surface area contributed by atoms with Crippen molar-refractivity contribution >= 4 is 27.5 Å². The molecule has 80 valence electrons. The van der Waals surface area contributed by atoms with Crippen molar-refractivity contribution in [3.05, 3.63) is 28.2 Å². The van der Waals surface area contributed by atoms with Gasteiger partial charge in [-0.2, -0.15) is 0 Å². The van der Waals surface area contributed by atoms with Crippen molar-refractivity contribution in [2.75, 3.05) is 11.9 Å². The molecular weight excluding hydrogens is 256 g/mol. The van der Waals surface area contributed by atoms with Crippen LogP contribution in [-0.2, 0) is 4.79 Å². The maximum atomic E-state index is 11.6. The van der Waals surface area contributed by atoms with Crippen LogP contribution in [0, 0.1) is 6.92 Å². The lowest BCUT2D eigenvalue weighted by atomic mass is 10.1. The molecule has 2 rings (SSSR count). The Morgan fingerprint density at radius 3 is 2.87 bits per heavy atom. The Balaban J connectivity index is 2.03. The molecule has 1 atom stereocenters. The third-order valence-corrected chi connectivity index (χ3v) is 3.46. The molecule has 15 heavy (non-hydrogen) atoms. The van der Waals surface area contributed by atoms with Crippen LogP contribution in [0.5, 0.6) is 0 Å². The molecule has 1 amide bonds. The highest BCUT2D eigenvalue weighted by Gasteiger charge is 2.24. The molecule has 0 aromatic heterocycles. The average Bonchev–Trinajstić information content (AvgIpc) is 2.08. The van der Waals surface area contributed by atoms with E-state index in [0.29, 0.717) is 0 Å². The van der Waals surface area contributed by atoms with Gasteiger partial charge in [0.2, 0.25) is 5.91 Å². The molecular formula is C11H13BrN2O. The smallest absolute Gasteiger partial charge is 0.241 e. The second kappa shape index (κ2) is 4.33. The topological polar surface area (TPSA) is 41.1 Å². The van der Waals surface area contributed by atoms with E-state index in [1.807, 2.05) is 25.1 Å². The van der Waals surface area contributed by atoms with E-state index in [9.17, 15) is 4.79 Å². The molecule has 0 bridgehead atoms. The van der Waals surface area contributed by atoms with Gasteiger partial charge in [-0.05, 0) is 43.7 Å². The number of nitrogens with one attached hydrogen (secondary N) is 2. The molecule has 1 aromatic rings. The van der Waals surface area contributed by atoms with E-state index in [4.69, 9.17) is 0 Å². The lowest BCUT2D eigenvalue weighted by Crippen LogP contribution is -2.50. The Labute approximate surface area is 97.4 Å². The van der Waals surface area contributed by atoms with E-state index in [1.54, 1.807) is 0 Å². The predicted molar refractivity (Wildman–Crippen MR) is 63.9 cm³/mol. The van der Waals surface area contributed by atoms with E-state index in [-0.39, 0.29) is 11.9 Å². The zero-order valence-corrected chi connectivity index (χ0v) is 10.1. The van der Waals surface area contributed by atoms with Gasteiger partial charge in [-0.3, -0.25) is 4.79 Å². The van der Waals surface area contributed by atoms with Gasteiger partial charge in [0.1, 0.15) is 0 Å². The summed E-state index contributed by atoms with van der Waals surface area (Å²) in [7, 11) is 0. The molecule has 0 unspecified atom stereocenters. The van der Waals surface area contributed by atoms with Gasteiger partial charge in [0.25, 0.3) is 0 Å². The predicted octanol–water partition coefficient (Wildman–Crippen LogP) is 2.06. The van der Waals surface area contributed by atoms with Gasteiger partial charge in [-0.15, -0.1) is 0 Å². The van der Waals surface area contributed by atoms with Gasteiger partial charge in [0.05, 0.1) is 6.04 Å². The number of amides is 1. The number of halogens is 1. The summed E-state index contributed by atoms with van der Waals surface area (Å²) < 4.78 is 1.06. The molecule has 1 aliphatic heterocycles. The molecule has 4 heteroatoms. The number of hydrogen-bond acceptors (Lipinski definition) is 2. The number of benzene rings is 1. The van der Waals surface area contributed by atoms with Crippen molar-refractivity contribution < 1.29 is 4.79 Å². The number of anilines is 1. The van der Waals surface area contributed by atoms with Gasteiger partial charge in [0.15, 0.2) is 0 Å². The minimum Gasteiger partial charge on any atom is -0.325 e. The molecule has 0 saturated carbocycles. The summed E-state index contributed by atoms with van der Waals surface area (Å²) in [5, 5.41) is 5.96. The van der Waals surface area contributed by atoms with Crippen LogP contribution in [0.3, 0.4) is 0 Å². The number of carbonyl (C=O) groups excluding carboxylic acids is 1. The Morgan fingerprint density at radius 2 is 2.33 bits per heavy atom. The maximum absolute atomic E-state index is 11.6. The summed E-state index contributed by atoms with van der Waals surface area (Å²) in [5.74, 6) is 0.0583. The van der Waals surface area contributed by atoms with Crippen molar-refractivity contribution in [2.24, 2.45) is 0 Å². The van der Waals surface area contributed by atoms with Crippen molar-refractivity contribution in [2.45, 2.75) is 19.4 Å². The van der Waals surface area contributed by atoms with Crippen LogP contribution < -0.4 is 10.6 Å². The summed E-state index contributed by atoms with van der Waals surface area (Å²) in [6.45, 7) is 2.94. The van der Waals surface area contributed by atoms with Crippen molar-refractivity contribution in [3.8, 4) is 0 Å². The second-order valence-electron chi connectivity index (χ2n) is 3.75. The summed E-state index contributed by atoms with van der Waals surface area (Å²) in [6.07, 6.45) is 0.932. The van der Waals surface area contributed by atoms with Crippen molar-refractivity contribution in [1.29, 1.82) is 0 Å². The molecule has 2 N–H and O–H groups in total. The Bertz CT molecular complexity index is 388. The maximum Gasteiger partial charge on any atom is 0.241 e.